The first-order valence-corrected chi connectivity index (χ1v) is 7.23. The second kappa shape index (κ2) is 6.10. The molecule has 1 atom stereocenters. The van der Waals surface area contributed by atoms with Crippen molar-refractivity contribution in [2.24, 2.45) is 5.92 Å². The van der Waals surface area contributed by atoms with Gasteiger partial charge < -0.3 is 15.4 Å². The number of hydrogen-bond donors (Lipinski definition) is 3. The fraction of sp³-hybridized carbons (Fsp3) is 0.375. The lowest BCUT2D eigenvalue weighted by Gasteiger charge is -2.38. The summed E-state index contributed by atoms with van der Waals surface area (Å²) in [5.41, 5.74) is 1.65. The van der Waals surface area contributed by atoms with Gasteiger partial charge >= 0.3 is 0 Å². The first-order chi connectivity index (χ1) is 10.2. The number of aromatic nitrogens is 2. The van der Waals surface area contributed by atoms with Crippen LogP contribution < -0.4 is 5.32 Å². The van der Waals surface area contributed by atoms with Gasteiger partial charge in [0.2, 0.25) is 0 Å². The van der Waals surface area contributed by atoms with Gasteiger partial charge in [-0.3, -0.25) is 4.79 Å². The van der Waals surface area contributed by atoms with Gasteiger partial charge in [-0.05, 0) is 30.7 Å². The molecule has 21 heavy (non-hydrogen) atoms. The van der Waals surface area contributed by atoms with E-state index in [4.69, 9.17) is 0 Å². The number of carbonyl (C=O) groups is 1. The molecule has 0 spiro atoms. The summed E-state index contributed by atoms with van der Waals surface area (Å²) in [4.78, 5) is 18.9. The van der Waals surface area contributed by atoms with Crippen LogP contribution in [0.15, 0.2) is 42.9 Å². The van der Waals surface area contributed by atoms with Gasteiger partial charge in [-0.2, -0.15) is 0 Å². The van der Waals surface area contributed by atoms with Crippen molar-refractivity contribution < 1.29 is 9.90 Å². The van der Waals surface area contributed by atoms with Crippen LogP contribution in [-0.2, 0) is 6.42 Å². The summed E-state index contributed by atoms with van der Waals surface area (Å²) in [5.74, 6) is 0.182. The number of H-pyrrole nitrogens is 1. The smallest absolute Gasteiger partial charge is 0.269 e. The van der Waals surface area contributed by atoms with Gasteiger partial charge in [-0.15, -0.1) is 0 Å². The number of imidazole rings is 1. The van der Waals surface area contributed by atoms with E-state index in [9.17, 15) is 9.90 Å². The molecule has 0 bridgehead atoms. The minimum Gasteiger partial charge on any atom is -0.393 e. The molecule has 0 aliphatic heterocycles. The van der Waals surface area contributed by atoms with Crippen LogP contribution in [0.5, 0.6) is 0 Å². The predicted octanol–water partition coefficient (Wildman–Crippen LogP) is 1.52. The Labute approximate surface area is 123 Å². The molecule has 1 unspecified atom stereocenters. The molecule has 3 rings (SSSR count). The lowest BCUT2D eigenvalue weighted by Crippen LogP contribution is -2.48. The van der Waals surface area contributed by atoms with Crippen molar-refractivity contribution in [3.8, 4) is 0 Å². The lowest BCUT2D eigenvalue weighted by atomic mass is 9.75. The number of nitrogens with zero attached hydrogens (tertiary/aromatic N) is 1. The topological polar surface area (TPSA) is 78.0 Å². The van der Waals surface area contributed by atoms with Crippen molar-refractivity contribution >= 4 is 5.91 Å². The molecule has 5 nitrogen and oxygen atoms in total. The Balaban J connectivity index is 1.69. The maximum atomic E-state index is 12.2. The highest BCUT2D eigenvalue weighted by Gasteiger charge is 2.35. The number of nitrogens with one attached hydrogen (secondary N) is 2. The van der Waals surface area contributed by atoms with Crippen molar-refractivity contribution in [3.63, 3.8) is 0 Å². The van der Waals surface area contributed by atoms with E-state index in [1.54, 1.807) is 0 Å². The van der Waals surface area contributed by atoms with E-state index in [0.29, 0.717) is 11.6 Å². The number of rotatable bonds is 5. The van der Waals surface area contributed by atoms with Crippen LogP contribution in [0.3, 0.4) is 0 Å². The number of benzene rings is 1. The average molecular weight is 285 g/mol. The van der Waals surface area contributed by atoms with E-state index in [1.165, 1.54) is 18.1 Å². The van der Waals surface area contributed by atoms with Crippen molar-refractivity contribution in [3.05, 3.63) is 54.1 Å². The molecule has 1 aliphatic carbocycles. The van der Waals surface area contributed by atoms with Crippen molar-refractivity contribution in [2.75, 3.05) is 0 Å². The van der Waals surface area contributed by atoms with Crippen molar-refractivity contribution in [2.45, 2.75) is 31.4 Å². The van der Waals surface area contributed by atoms with Gasteiger partial charge in [0.1, 0.15) is 5.69 Å². The number of carbonyl (C=O) groups excluding carboxylic acids is 1. The van der Waals surface area contributed by atoms with E-state index in [0.717, 1.165) is 19.3 Å². The van der Waals surface area contributed by atoms with Crippen molar-refractivity contribution in [1.82, 2.24) is 15.3 Å². The fourth-order valence-corrected chi connectivity index (χ4v) is 2.79. The lowest BCUT2D eigenvalue weighted by molar-refractivity contribution is 0.0239. The van der Waals surface area contributed by atoms with Gasteiger partial charge in [0.25, 0.3) is 5.91 Å². The average Bonchev–Trinajstić information content (AvgIpc) is 2.98. The van der Waals surface area contributed by atoms with Crippen molar-refractivity contribution in [1.29, 1.82) is 0 Å². The summed E-state index contributed by atoms with van der Waals surface area (Å²) in [7, 11) is 0. The maximum Gasteiger partial charge on any atom is 0.269 e. The summed E-state index contributed by atoms with van der Waals surface area (Å²) in [6.45, 7) is 0. The SMILES string of the molecule is O=C(NC(Cc1ccccc1)C1CC(O)C1)c1cnc[nH]1. The van der Waals surface area contributed by atoms with Crippen LogP contribution >= 0.6 is 0 Å². The number of aliphatic hydroxyl groups excluding tert-OH is 1. The third-order valence-corrected chi connectivity index (χ3v) is 4.08. The number of aromatic amines is 1. The van der Waals surface area contributed by atoms with E-state index < -0.39 is 0 Å². The largest absolute Gasteiger partial charge is 0.393 e. The Morgan fingerprint density at radius 3 is 2.76 bits per heavy atom. The zero-order valence-corrected chi connectivity index (χ0v) is 11.7. The van der Waals surface area contributed by atoms with Gasteiger partial charge in [-0.1, -0.05) is 30.3 Å². The van der Waals surface area contributed by atoms with E-state index >= 15 is 0 Å². The highest BCUT2D eigenvalue weighted by Crippen LogP contribution is 2.31. The molecule has 5 heteroatoms. The maximum absolute atomic E-state index is 12.2. The number of aliphatic hydroxyl groups is 1. The number of amides is 1. The van der Waals surface area contributed by atoms with Crippen LogP contribution in [0.25, 0.3) is 0 Å². The monoisotopic (exact) mass is 285 g/mol. The molecule has 1 heterocycles. The van der Waals surface area contributed by atoms with Crippen LogP contribution in [0.1, 0.15) is 28.9 Å². The Bertz CT molecular complexity index is 577. The minimum atomic E-state index is -0.225. The highest BCUT2D eigenvalue weighted by molar-refractivity contribution is 5.92. The zero-order valence-electron chi connectivity index (χ0n) is 11.7. The Morgan fingerprint density at radius 1 is 1.38 bits per heavy atom. The van der Waals surface area contributed by atoms with Crippen LogP contribution in [-0.4, -0.2) is 33.1 Å². The third kappa shape index (κ3) is 3.31. The van der Waals surface area contributed by atoms with Crippen LogP contribution in [0.2, 0.25) is 0 Å². The van der Waals surface area contributed by atoms with Crippen LogP contribution in [0, 0.1) is 5.92 Å². The molecule has 0 saturated heterocycles. The predicted molar refractivity (Wildman–Crippen MR) is 78.7 cm³/mol. The summed E-state index contributed by atoms with van der Waals surface area (Å²) in [5, 5.41) is 12.6. The molecule has 1 aromatic carbocycles. The van der Waals surface area contributed by atoms with Gasteiger partial charge in [0.15, 0.2) is 0 Å². The summed E-state index contributed by atoms with van der Waals surface area (Å²) >= 11 is 0. The molecule has 2 aromatic rings. The summed E-state index contributed by atoms with van der Waals surface area (Å²) in [6, 6.07) is 10.1. The molecule has 1 fully saturated rings. The van der Waals surface area contributed by atoms with Gasteiger partial charge in [0, 0.05) is 6.04 Å². The highest BCUT2D eigenvalue weighted by atomic mass is 16.3. The Hall–Kier alpha value is -2.14. The minimum absolute atomic E-state index is 0.0339. The molecule has 1 amide bonds. The Kier molecular flexibility index (Phi) is 4.01. The fourth-order valence-electron chi connectivity index (χ4n) is 2.79. The molecule has 110 valence electrons. The van der Waals surface area contributed by atoms with E-state index in [2.05, 4.69) is 27.4 Å². The first-order valence-electron chi connectivity index (χ1n) is 7.23. The van der Waals surface area contributed by atoms with E-state index in [-0.39, 0.29) is 18.1 Å². The third-order valence-electron chi connectivity index (χ3n) is 4.08. The number of hydrogen-bond acceptors (Lipinski definition) is 3. The second-order valence-electron chi connectivity index (χ2n) is 5.62. The molecule has 1 aromatic heterocycles. The van der Waals surface area contributed by atoms with E-state index in [1.807, 2.05) is 18.2 Å². The molecular weight excluding hydrogens is 266 g/mol. The Morgan fingerprint density at radius 2 is 2.14 bits per heavy atom. The first kappa shape index (κ1) is 13.8. The zero-order chi connectivity index (χ0) is 14.7. The standard InChI is InChI=1S/C16H19N3O2/c20-13-7-12(8-13)14(6-11-4-2-1-3-5-11)19-16(21)15-9-17-10-18-15/h1-5,9-10,12-14,20H,6-8H2,(H,17,18)(H,19,21). The molecular formula is C16H19N3O2. The quantitative estimate of drug-likeness (QED) is 0.779. The van der Waals surface area contributed by atoms with Gasteiger partial charge in [0.05, 0.1) is 18.6 Å². The summed E-state index contributed by atoms with van der Waals surface area (Å²) in [6.07, 6.45) is 5.07. The van der Waals surface area contributed by atoms with Crippen LogP contribution in [0.4, 0.5) is 0 Å². The molecule has 0 radical (unpaired) electrons. The summed E-state index contributed by atoms with van der Waals surface area (Å²) < 4.78 is 0. The second-order valence-corrected chi connectivity index (χ2v) is 5.62. The normalized spacial score (nSPS) is 22.3. The van der Waals surface area contributed by atoms with Gasteiger partial charge in [-0.25, -0.2) is 4.98 Å². The molecule has 3 N–H and O–H groups in total. The molecule has 1 saturated carbocycles. The molecule has 1 aliphatic rings.